The lowest BCUT2D eigenvalue weighted by molar-refractivity contribution is 0.323. The van der Waals surface area contributed by atoms with Crippen molar-refractivity contribution in [1.82, 2.24) is 20.0 Å². The highest BCUT2D eigenvalue weighted by molar-refractivity contribution is 5.15. The van der Waals surface area contributed by atoms with Gasteiger partial charge in [-0.05, 0) is 26.8 Å². The van der Waals surface area contributed by atoms with Crippen LogP contribution in [0.4, 0.5) is 0 Å². The van der Waals surface area contributed by atoms with E-state index in [2.05, 4.69) is 29.3 Å². The summed E-state index contributed by atoms with van der Waals surface area (Å²) in [6.07, 6.45) is 4.71. The summed E-state index contributed by atoms with van der Waals surface area (Å²) >= 11 is 0. The van der Waals surface area contributed by atoms with Gasteiger partial charge in [-0.15, -0.1) is 0 Å². The molecule has 1 aromatic rings. The second-order valence-electron chi connectivity index (χ2n) is 4.85. The molecule has 90 valence electrons. The Balaban J connectivity index is 1.72. The van der Waals surface area contributed by atoms with Crippen molar-refractivity contribution in [2.75, 3.05) is 20.1 Å². The lowest BCUT2D eigenvalue weighted by Gasteiger charge is -2.16. The molecular formula is C12H22N4. The number of hydrogen-bond donors (Lipinski definition) is 1. The average molecular weight is 222 g/mol. The maximum Gasteiger partial charge on any atom is 0.0537 e. The molecular weight excluding hydrogens is 200 g/mol. The van der Waals surface area contributed by atoms with Crippen molar-refractivity contribution in [2.24, 2.45) is 7.05 Å². The molecule has 4 heteroatoms. The average Bonchev–Trinajstić information content (AvgIpc) is 3.01. The first kappa shape index (κ1) is 11.6. The van der Waals surface area contributed by atoms with E-state index in [1.165, 1.54) is 24.1 Å². The predicted molar refractivity (Wildman–Crippen MR) is 65.3 cm³/mol. The van der Waals surface area contributed by atoms with E-state index in [1.807, 2.05) is 17.9 Å². The van der Waals surface area contributed by atoms with Gasteiger partial charge in [0.2, 0.25) is 0 Å². The summed E-state index contributed by atoms with van der Waals surface area (Å²) in [4.78, 5) is 2.35. The van der Waals surface area contributed by atoms with Crippen LogP contribution in [0.25, 0.3) is 0 Å². The van der Waals surface area contributed by atoms with Crippen LogP contribution in [-0.4, -0.2) is 40.9 Å². The number of aryl methyl sites for hydroxylation is 1. The van der Waals surface area contributed by atoms with Crippen molar-refractivity contribution in [3.8, 4) is 0 Å². The Morgan fingerprint density at radius 3 is 2.88 bits per heavy atom. The molecule has 0 aliphatic heterocycles. The molecule has 2 rings (SSSR count). The van der Waals surface area contributed by atoms with Gasteiger partial charge in [0.15, 0.2) is 0 Å². The van der Waals surface area contributed by atoms with Crippen LogP contribution in [0.15, 0.2) is 6.20 Å². The highest BCUT2D eigenvalue weighted by Gasteiger charge is 2.19. The third-order valence-electron chi connectivity index (χ3n) is 3.28. The molecule has 1 fully saturated rings. The lowest BCUT2D eigenvalue weighted by atomic mass is 10.2. The molecule has 0 saturated heterocycles. The molecule has 0 amide bonds. The predicted octanol–water partition coefficient (Wildman–Crippen LogP) is 0.912. The minimum absolute atomic E-state index is 0.813. The molecule has 1 N–H and O–H groups in total. The Morgan fingerprint density at radius 2 is 2.31 bits per heavy atom. The largest absolute Gasteiger partial charge is 0.313 e. The van der Waals surface area contributed by atoms with E-state index >= 15 is 0 Å². The Hall–Kier alpha value is -0.870. The fourth-order valence-corrected chi connectivity index (χ4v) is 1.82. The number of hydrogen-bond acceptors (Lipinski definition) is 3. The third-order valence-corrected chi connectivity index (χ3v) is 3.28. The van der Waals surface area contributed by atoms with Crippen molar-refractivity contribution in [3.63, 3.8) is 0 Å². The molecule has 0 atom stereocenters. The Labute approximate surface area is 97.6 Å². The molecule has 1 aliphatic rings. The summed E-state index contributed by atoms with van der Waals surface area (Å²) in [6, 6.07) is 0.813. The van der Waals surface area contributed by atoms with Crippen LogP contribution in [0.5, 0.6) is 0 Å². The molecule has 0 unspecified atom stereocenters. The zero-order chi connectivity index (χ0) is 11.5. The Morgan fingerprint density at radius 1 is 1.56 bits per heavy atom. The summed E-state index contributed by atoms with van der Waals surface area (Å²) in [5, 5.41) is 7.79. The van der Waals surface area contributed by atoms with Crippen molar-refractivity contribution >= 4 is 0 Å². The van der Waals surface area contributed by atoms with Crippen molar-refractivity contribution in [2.45, 2.75) is 32.4 Å². The van der Waals surface area contributed by atoms with E-state index in [0.717, 1.165) is 25.7 Å². The maximum absolute atomic E-state index is 4.26. The quantitative estimate of drug-likeness (QED) is 0.777. The summed E-state index contributed by atoms with van der Waals surface area (Å²) in [5.74, 6) is 0. The van der Waals surface area contributed by atoms with Gasteiger partial charge in [-0.25, -0.2) is 0 Å². The second kappa shape index (κ2) is 4.97. The monoisotopic (exact) mass is 222 g/mol. The number of nitrogens with zero attached hydrogens (tertiary/aromatic N) is 3. The van der Waals surface area contributed by atoms with Crippen LogP contribution in [0.3, 0.4) is 0 Å². The molecule has 4 nitrogen and oxygen atoms in total. The Kier molecular flexibility index (Phi) is 3.61. The standard InChI is InChI=1S/C12H22N4/c1-10-11(8-14-16(10)3)9-15(2)7-6-13-12-4-5-12/h8,12-13H,4-7,9H2,1-3H3. The van der Waals surface area contributed by atoms with Gasteiger partial charge >= 0.3 is 0 Å². The summed E-state index contributed by atoms with van der Waals surface area (Å²) in [6.45, 7) is 5.32. The van der Waals surface area contributed by atoms with E-state index in [-0.39, 0.29) is 0 Å². The first-order chi connectivity index (χ1) is 7.66. The first-order valence-electron chi connectivity index (χ1n) is 6.06. The molecule has 0 bridgehead atoms. The van der Waals surface area contributed by atoms with E-state index in [9.17, 15) is 0 Å². The highest BCUT2D eigenvalue weighted by Crippen LogP contribution is 2.18. The van der Waals surface area contributed by atoms with E-state index in [4.69, 9.17) is 0 Å². The van der Waals surface area contributed by atoms with Gasteiger partial charge in [-0.3, -0.25) is 4.68 Å². The second-order valence-corrected chi connectivity index (χ2v) is 4.85. The molecule has 16 heavy (non-hydrogen) atoms. The normalized spacial score (nSPS) is 16.0. The van der Waals surface area contributed by atoms with Crippen molar-refractivity contribution in [1.29, 1.82) is 0 Å². The summed E-state index contributed by atoms with van der Waals surface area (Å²) < 4.78 is 1.94. The van der Waals surface area contributed by atoms with Gasteiger partial charge in [-0.1, -0.05) is 0 Å². The minimum Gasteiger partial charge on any atom is -0.313 e. The van der Waals surface area contributed by atoms with E-state index < -0.39 is 0 Å². The van der Waals surface area contributed by atoms with Crippen LogP contribution in [0.2, 0.25) is 0 Å². The molecule has 0 aromatic carbocycles. The lowest BCUT2D eigenvalue weighted by Crippen LogP contribution is -2.30. The maximum atomic E-state index is 4.26. The van der Waals surface area contributed by atoms with Gasteiger partial charge in [0.1, 0.15) is 0 Å². The zero-order valence-electron chi connectivity index (χ0n) is 10.5. The molecule has 0 spiro atoms. The van der Waals surface area contributed by atoms with Gasteiger partial charge < -0.3 is 10.2 Å². The van der Waals surface area contributed by atoms with Gasteiger partial charge in [0.25, 0.3) is 0 Å². The summed E-state index contributed by atoms with van der Waals surface area (Å²) in [7, 11) is 4.16. The van der Waals surface area contributed by atoms with Gasteiger partial charge in [-0.2, -0.15) is 5.10 Å². The van der Waals surface area contributed by atoms with Crippen LogP contribution in [0.1, 0.15) is 24.1 Å². The Bertz CT molecular complexity index is 341. The van der Waals surface area contributed by atoms with Crippen LogP contribution in [0, 0.1) is 6.92 Å². The van der Waals surface area contributed by atoms with Crippen LogP contribution in [-0.2, 0) is 13.6 Å². The minimum atomic E-state index is 0.813. The number of likely N-dealkylation sites (N-methyl/N-ethyl adjacent to an activating group) is 1. The van der Waals surface area contributed by atoms with Gasteiger partial charge in [0.05, 0.1) is 6.20 Å². The fourth-order valence-electron chi connectivity index (χ4n) is 1.82. The topological polar surface area (TPSA) is 33.1 Å². The third kappa shape index (κ3) is 3.06. The fraction of sp³-hybridized carbons (Fsp3) is 0.750. The number of nitrogens with one attached hydrogen (secondary N) is 1. The molecule has 1 aromatic heterocycles. The van der Waals surface area contributed by atoms with Gasteiger partial charge in [0, 0.05) is 44.0 Å². The smallest absolute Gasteiger partial charge is 0.0537 e. The summed E-state index contributed by atoms with van der Waals surface area (Å²) in [5.41, 5.74) is 2.60. The van der Waals surface area contributed by atoms with Crippen LogP contribution < -0.4 is 5.32 Å². The molecule has 1 saturated carbocycles. The zero-order valence-corrected chi connectivity index (χ0v) is 10.5. The van der Waals surface area contributed by atoms with E-state index in [1.54, 1.807) is 0 Å². The number of rotatable bonds is 6. The SMILES string of the molecule is Cc1c(CN(C)CCNC2CC2)cnn1C. The molecule has 1 aliphatic carbocycles. The highest BCUT2D eigenvalue weighted by atomic mass is 15.3. The van der Waals surface area contributed by atoms with Crippen LogP contribution >= 0.6 is 0 Å². The molecule has 0 radical (unpaired) electrons. The number of aromatic nitrogens is 2. The van der Waals surface area contributed by atoms with E-state index in [0.29, 0.717) is 0 Å². The molecule has 1 heterocycles. The van der Waals surface area contributed by atoms with Crippen molar-refractivity contribution < 1.29 is 0 Å². The first-order valence-corrected chi connectivity index (χ1v) is 6.06. The van der Waals surface area contributed by atoms with Crippen molar-refractivity contribution in [3.05, 3.63) is 17.5 Å².